The lowest BCUT2D eigenvalue weighted by molar-refractivity contribution is -0.771. The third-order valence-electron chi connectivity index (χ3n) is 2.52. The van der Waals surface area contributed by atoms with Crippen LogP contribution >= 0.6 is 0 Å². The monoisotopic (exact) mass is 189 g/mol. The van der Waals surface area contributed by atoms with E-state index in [0.717, 1.165) is 12.8 Å². The van der Waals surface area contributed by atoms with Gasteiger partial charge in [-0.25, -0.2) is 0 Å². The normalized spacial score (nSPS) is 34.2. The van der Waals surface area contributed by atoms with Crippen LogP contribution in [0.15, 0.2) is 0 Å². The molecule has 0 aliphatic heterocycles. The van der Waals surface area contributed by atoms with E-state index >= 15 is 0 Å². The summed E-state index contributed by atoms with van der Waals surface area (Å²) < 4.78 is 5.12. The van der Waals surface area contributed by atoms with E-state index in [9.17, 15) is 10.1 Å². The highest BCUT2D eigenvalue weighted by Gasteiger charge is 2.31. The SMILES string of the molecule is COC1CCC(C)CC1O[N+](=O)[O-]. The number of rotatable bonds is 3. The minimum absolute atomic E-state index is 0.124. The molecule has 0 aromatic rings. The number of hydrogen-bond acceptors (Lipinski definition) is 4. The van der Waals surface area contributed by atoms with Crippen LogP contribution in [-0.4, -0.2) is 24.4 Å². The lowest BCUT2D eigenvalue weighted by Gasteiger charge is -2.31. The molecule has 0 aromatic heterocycles. The fourth-order valence-corrected chi connectivity index (χ4v) is 1.79. The molecule has 5 heteroatoms. The summed E-state index contributed by atoms with van der Waals surface area (Å²) in [4.78, 5) is 14.7. The van der Waals surface area contributed by atoms with Gasteiger partial charge in [0.15, 0.2) is 0 Å². The summed E-state index contributed by atoms with van der Waals surface area (Å²) in [5.41, 5.74) is 0. The molecule has 0 radical (unpaired) electrons. The van der Waals surface area contributed by atoms with Gasteiger partial charge in [0.1, 0.15) is 6.10 Å². The summed E-state index contributed by atoms with van der Waals surface area (Å²) in [6, 6.07) is 0. The van der Waals surface area contributed by atoms with Crippen molar-refractivity contribution in [2.45, 2.75) is 38.4 Å². The first-order chi connectivity index (χ1) is 6.13. The van der Waals surface area contributed by atoms with Crippen LogP contribution in [0.25, 0.3) is 0 Å². The minimum Gasteiger partial charge on any atom is -0.379 e. The predicted octanol–water partition coefficient (Wildman–Crippen LogP) is 1.40. The number of methoxy groups -OCH3 is 1. The highest BCUT2D eigenvalue weighted by atomic mass is 17.0. The average molecular weight is 189 g/mol. The summed E-state index contributed by atoms with van der Waals surface area (Å²) >= 11 is 0. The van der Waals surface area contributed by atoms with Crippen molar-refractivity contribution in [3.63, 3.8) is 0 Å². The Morgan fingerprint density at radius 2 is 2.08 bits per heavy atom. The van der Waals surface area contributed by atoms with Crippen LogP contribution in [-0.2, 0) is 9.57 Å². The van der Waals surface area contributed by atoms with Crippen LogP contribution < -0.4 is 0 Å². The lowest BCUT2D eigenvalue weighted by Crippen LogP contribution is -2.38. The van der Waals surface area contributed by atoms with Gasteiger partial charge in [-0.2, -0.15) is 0 Å². The molecule has 0 aromatic carbocycles. The van der Waals surface area contributed by atoms with Crippen LogP contribution in [0, 0.1) is 16.0 Å². The molecule has 0 saturated heterocycles. The first-order valence-electron chi connectivity index (χ1n) is 4.47. The molecule has 1 saturated carbocycles. The van der Waals surface area contributed by atoms with Crippen molar-refractivity contribution in [2.24, 2.45) is 5.92 Å². The quantitative estimate of drug-likeness (QED) is 0.497. The van der Waals surface area contributed by atoms with Crippen LogP contribution in [0.5, 0.6) is 0 Å². The van der Waals surface area contributed by atoms with Crippen LogP contribution in [0.3, 0.4) is 0 Å². The smallest absolute Gasteiger partial charge is 0.294 e. The molecule has 3 unspecified atom stereocenters. The highest BCUT2D eigenvalue weighted by molar-refractivity contribution is 4.78. The Bertz CT molecular complexity index is 185. The fraction of sp³-hybridized carbons (Fsp3) is 1.00. The van der Waals surface area contributed by atoms with E-state index < -0.39 is 5.09 Å². The minimum atomic E-state index is -0.727. The summed E-state index contributed by atoms with van der Waals surface area (Å²) in [5, 5.41) is 9.44. The van der Waals surface area contributed by atoms with E-state index in [4.69, 9.17) is 4.74 Å². The van der Waals surface area contributed by atoms with Crippen molar-refractivity contribution < 1.29 is 14.7 Å². The Morgan fingerprint density at radius 3 is 2.62 bits per heavy atom. The molecule has 1 aliphatic carbocycles. The number of hydrogen-bond donors (Lipinski definition) is 0. The topological polar surface area (TPSA) is 61.6 Å². The molecule has 5 nitrogen and oxygen atoms in total. The van der Waals surface area contributed by atoms with Crippen molar-refractivity contribution in [1.82, 2.24) is 0 Å². The third-order valence-corrected chi connectivity index (χ3v) is 2.52. The van der Waals surface area contributed by atoms with E-state index in [-0.39, 0.29) is 12.2 Å². The summed E-state index contributed by atoms with van der Waals surface area (Å²) in [6.45, 7) is 2.07. The van der Waals surface area contributed by atoms with Gasteiger partial charge in [-0.1, -0.05) is 6.92 Å². The second-order valence-electron chi connectivity index (χ2n) is 3.56. The molecular formula is C8H15NO4. The Kier molecular flexibility index (Phi) is 3.48. The number of ether oxygens (including phenoxy) is 1. The van der Waals surface area contributed by atoms with Gasteiger partial charge in [0.2, 0.25) is 0 Å². The van der Waals surface area contributed by atoms with Gasteiger partial charge in [-0.3, -0.25) is 0 Å². The van der Waals surface area contributed by atoms with Gasteiger partial charge in [-0.15, -0.1) is 10.1 Å². The molecule has 3 atom stereocenters. The van der Waals surface area contributed by atoms with Crippen LogP contribution in [0.2, 0.25) is 0 Å². The zero-order valence-corrected chi connectivity index (χ0v) is 7.93. The first kappa shape index (κ1) is 10.2. The Balaban J connectivity index is 2.49. The van der Waals surface area contributed by atoms with Gasteiger partial charge in [0.25, 0.3) is 5.09 Å². The molecule has 13 heavy (non-hydrogen) atoms. The molecule has 0 spiro atoms. The fourth-order valence-electron chi connectivity index (χ4n) is 1.79. The van der Waals surface area contributed by atoms with E-state index in [2.05, 4.69) is 11.8 Å². The van der Waals surface area contributed by atoms with Crippen molar-refractivity contribution in [2.75, 3.05) is 7.11 Å². The van der Waals surface area contributed by atoms with Gasteiger partial charge in [0.05, 0.1) is 6.10 Å². The maximum absolute atomic E-state index is 10.2. The average Bonchev–Trinajstić information content (AvgIpc) is 2.03. The molecule has 0 heterocycles. The molecule has 1 rings (SSSR count). The Labute approximate surface area is 77.1 Å². The van der Waals surface area contributed by atoms with Gasteiger partial charge in [0, 0.05) is 7.11 Å². The standard InChI is InChI=1S/C8H15NO4/c1-6-3-4-7(12-2)8(5-6)13-9(10)11/h6-8H,3-5H2,1-2H3. The Hall–Kier alpha value is -0.840. The largest absolute Gasteiger partial charge is 0.379 e. The lowest BCUT2D eigenvalue weighted by atomic mass is 9.86. The summed E-state index contributed by atoms with van der Waals surface area (Å²) in [7, 11) is 1.57. The van der Waals surface area contributed by atoms with Crippen molar-refractivity contribution in [3.05, 3.63) is 10.1 Å². The molecule has 0 amide bonds. The second kappa shape index (κ2) is 4.41. The maximum atomic E-state index is 10.2. The van der Waals surface area contributed by atoms with Crippen molar-refractivity contribution >= 4 is 0 Å². The van der Waals surface area contributed by atoms with E-state index in [1.807, 2.05) is 0 Å². The third kappa shape index (κ3) is 2.84. The molecule has 0 N–H and O–H groups in total. The highest BCUT2D eigenvalue weighted by Crippen LogP contribution is 2.27. The zero-order chi connectivity index (χ0) is 9.84. The van der Waals surface area contributed by atoms with Crippen molar-refractivity contribution in [1.29, 1.82) is 0 Å². The maximum Gasteiger partial charge on any atom is 0.294 e. The first-order valence-corrected chi connectivity index (χ1v) is 4.47. The molecule has 0 bridgehead atoms. The summed E-state index contributed by atoms with van der Waals surface area (Å²) in [5.74, 6) is 0.483. The van der Waals surface area contributed by atoms with Gasteiger partial charge >= 0.3 is 0 Å². The summed E-state index contributed by atoms with van der Waals surface area (Å²) in [6.07, 6.45) is 2.09. The molecule has 1 fully saturated rings. The van der Waals surface area contributed by atoms with E-state index in [1.54, 1.807) is 7.11 Å². The molecule has 1 aliphatic rings. The predicted molar refractivity (Wildman–Crippen MR) is 45.7 cm³/mol. The van der Waals surface area contributed by atoms with Gasteiger partial charge < -0.3 is 9.57 Å². The Morgan fingerprint density at radius 1 is 1.38 bits per heavy atom. The number of nitrogens with zero attached hydrogens (tertiary/aromatic N) is 1. The van der Waals surface area contributed by atoms with Crippen molar-refractivity contribution in [3.8, 4) is 0 Å². The zero-order valence-electron chi connectivity index (χ0n) is 7.93. The van der Waals surface area contributed by atoms with Gasteiger partial charge in [-0.05, 0) is 25.2 Å². The van der Waals surface area contributed by atoms with Crippen LogP contribution in [0.1, 0.15) is 26.2 Å². The molecular weight excluding hydrogens is 174 g/mol. The molecule has 76 valence electrons. The van der Waals surface area contributed by atoms with Crippen LogP contribution in [0.4, 0.5) is 0 Å². The second-order valence-corrected chi connectivity index (χ2v) is 3.56. The van der Waals surface area contributed by atoms with E-state index in [1.165, 1.54) is 0 Å². The van der Waals surface area contributed by atoms with E-state index in [0.29, 0.717) is 12.3 Å².